The number of methoxy groups -OCH3 is 1. The smallest absolute Gasteiger partial charge is 0.240 e. The van der Waals surface area contributed by atoms with Crippen LogP contribution in [0.25, 0.3) is 0 Å². The van der Waals surface area contributed by atoms with Gasteiger partial charge in [-0.25, -0.2) is 0 Å². The molecule has 2 aromatic rings. The third kappa shape index (κ3) is 4.16. The maximum atomic E-state index is 9.48. The Labute approximate surface area is 136 Å². The van der Waals surface area contributed by atoms with Crippen LogP contribution in [0.1, 0.15) is 23.7 Å². The molecule has 0 spiro atoms. The second-order valence-corrected chi connectivity index (χ2v) is 5.95. The van der Waals surface area contributed by atoms with Gasteiger partial charge in [0.2, 0.25) is 5.89 Å². The lowest BCUT2D eigenvalue weighted by Gasteiger charge is -2.19. The predicted molar refractivity (Wildman–Crippen MR) is 84.8 cm³/mol. The Morgan fingerprint density at radius 2 is 2.13 bits per heavy atom. The van der Waals surface area contributed by atoms with Gasteiger partial charge in [0, 0.05) is 26.1 Å². The van der Waals surface area contributed by atoms with E-state index in [1.54, 1.807) is 7.11 Å². The lowest BCUT2D eigenvalue weighted by Crippen LogP contribution is -2.32. The van der Waals surface area contributed by atoms with Gasteiger partial charge in [0.15, 0.2) is 5.82 Å². The molecule has 6 heteroatoms. The highest BCUT2D eigenvalue weighted by atomic mass is 16.5. The van der Waals surface area contributed by atoms with Crippen LogP contribution < -0.4 is 0 Å². The van der Waals surface area contributed by atoms with Crippen LogP contribution >= 0.6 is 0 Å². The van der Waals surface area contributed by atoms with Crippen molar-refractivity contribution in [2.45, 2.75) is 38.0 Å². The van der Waals surface area contributed by atoms with Crippen molar-refractivity contribution in [1.29, 1.82) is 0 Å². The average molecular weight is 317 g/mol. The minimum Gasteiger partial charge on any atom is -0.395 e. The Bertz CT molecular complexity index is 602. The molecule has 3 rings (SSSR count). The average Bonchev–Trinajstić information content (AvgIpc) is 3.20. The fourth-order valence-electron chi connectivity index (χ4n) is 3.02. The van der Waals surface area contributed by atoms with E-state index in [9.17, 15) is 5.11 Å². The van der Waals surface area contributed by atoms with Crippen molar-refractivity contribution in [2.75, 3.05) is 20.3 Å². The van der Waals surface area contributed by atoms with E-state index in [0.717, 1.165) is 31.6 Å². The highest BCUT2D eigenvalue weighted by Crippen LogP contribution is 2.21. The van der Waals surface area contributed by atoms with E-state index in [2.05, 4.69) is 27.2 Å². The van der Waals surface area contributed by atoms with E-state index in [4.69, 9.17) is 9.26 Å². The zero-order valence-electron chi connectivity index (χ0n) is 13.4. The molecule has 1 N–H and O–H groups in total. The number of aliphatic hydroxyl groups excluding tert-OH is 1. The van der Waals surface area contributed by atoms with Crippen LogP contribution in [0.2, 0.25) is 0 Å². The monoisotopic (exact) mass is 317 g/mol. The molecule has 0 amide bonds. The van der Waals surface area contributed by atoms with Crippen molar-refractivity contribution in [3.05, 3.63) is 47.6 Å². The molecule has 1 aliphatic heterocycles. The van der Waals surface area contributed by atoms with Gasteiger partial charge in [0.1, 0.15) is 0 Å². The molecule has 0 bridgehead atoms. The molecule has 6 nitrogen and oxygen atoms in total. The van der Waals surface area contributed by atoms with Crippen molar-refractivity contribution in [3.8, 4) is 0 Å². The minimum atomic E-state index is 0.0969. The fourth-order valence-corrected chi connectivity index (χ4v) is 3.02. The number of nitrogens with zero attached hydrogens (tertiary/aromatic N) is 3. The summed E-state index contributed by atoms with van der Waals surface area (Å²) in [6.45, 7) is 1.46. The fraction of sp³-hybridized carbons (Fsp3) is 0.529. The molecule has 1 fully saturated rings. The van der Waals surface area contributed by atoms with Crippen LogP contribution in [0.4, 0.5) is 0 Å². The molecular weight excluding hydrogens is 294 g/mol. The summed E-state index contributed by atoms with van der Waals surface area (Å²) in [7, 11) is 1.71. The quantitative estimate of drug-likeness (QED) is 0.833. The Morgan fingerprint density at radius 1 is 1.30 bits per heavy atom. The molecule has 0 unspecified atom stereocenters. The van der Waals surface area contributed by atoms with Crippen molar-refractivity contribution < 1.29 is 14.4 Å². The molecule has 0 radical (unpaired) electrons. The van der Waals surface area contributed by atoms with E-state index >= 15 is 0 Å². The first-order chi connectivity index (χ1) is 11.3. The number of aryl methyl sites for hydroxylation is 2. The summed E-state index contributed by atoms with van der Waals surface area (Å²) in [6.07, 6.45) is 2.65. The van der Waals surface area contributed by atoms with E-state index < -0.39 is 0 Å². The summed E-state index contributed by atoms with van der Waals surface area (Å²) in [6, 6.07) is 10.4. The SMILES string of the molecule is CO[C@@H]1C[C@@H](CO)N(Cc2nc(CCc3ccccc3)no2)C1. The summed E-state index contributed by atoms with van der Waals surface area (Å²) in [5, 5.41) is 13.5. The molecule has 1 saturated heterocycles. The summed E-state index contributed by atoms with van der Waals surface area (Å²) in [4.78, 5) is 6.61. The van der Waals surface area contributed by atoms with Gasteiger partial charge >= 0.3 is 0 Å². The highest BCUT2D eigenvalue weighted by molar-refractivity contribution is 5.15. The van der Waals surface area contributed by atoms with Crippen LogP contribution in [-0.2, 0) is 24.1 Å². The molecule has 2 heterocycles. The number of likely N-dealkylation sites (tertiary alicyclic amines) is 1. The van der Waals surface area contributed by atoms with Gasteiger partial charge < -0.3 is 14.4 Å². The number of hydrogen-bond donors (Lipinski definition) is 1. The Hall–Kier alpha value is -1.76. The Morgan fingerprint density at radius 3 is 2.87 bits per heavy atom. The Kier molecular flexibility index (Phi) is 5.38. The van der Waals surface area contributed by atoms with Gasteiger partial charge in [0.05, 0.1) is 19.3 Å². The zero-order chi connectivity index (χ0) is 16.1. The van der Waals surface area contributed by atoms with Crippen LogP contribution in [-0.4, -0.2) is 52.6 Å². The van der Waals surface area contributed by atoms with Gasteiger partial charge in [-0.05, 0) is 18.4 Å². The second-order valence-electron chi connectivity index (χ2n) is 5.95. The first-order valence-electron chi connectivity index (χ1n) is 8.01. The largest absolute Gasteiger partial charge is 0.395 e. The summed E-state index contributed by atoms with van der Waals surface area (Å²) in [5.41, 5.74) is 1.27. The normalized spacial score (nSPS) is 21.8. The number of benzene rings is 1. The summed E-state index contributed by atoms with van der Waals surface area (Å²) >= 11 is 0. The van der Waals surface area contributed by atoms with Crippen molar-refractivity contribution in [3.63, 3.8) is 0 Å². The van der Waals surface area contributed by atoms with Gasteiger partial charge in [0.25, 0.3) is 0 Å². The van der Waals surface area contributed by atoms with E-state index in [1.165, 1.54) is 5.56 Å². The third-order valence-corrected chi connectivity index (χ3v) is 4.36. The third-order valence-electron chi connectivity index (χ3n) is 4.36. The summed E-state index contributed by atoms with van der Waals surface area (Å²) < 4.78 is 10.7. The maximum Gasteiger partial charge on any atom is 0.240 e. The molecule has 23 heavy (non-hydrogen) atoms. The first-order valence-corrected chi connectivity index (χ1v) is 8.01. The van der Waals surface area contributed by atoms with E-state index in [1.807, 2.05) is 18.2 Å². The molecular formula is C17H23N3O3. The van der Waals surface area contributed by atoms with E-state index in [-0.39, 0.29) is 18.8 Å². The van der Waals surface area contributed by atoms with Crippen LogP contribution in [0.3, 0.4) is 0 Å². The number of aromatic nitrogens is 2. The highest BCUT2D eigenvalue weighted by Gasteiger charge is 2.32. The lowest BCUT2D eigenvalue weighted by atomic mass is 10.1. The Balaban J connectivity index is 1.55. The molecule has 2 atom stereocenters. The van der Waals surface area contributed by atoms with E-state index in [0.29, 0.717) is 12.4 Å². The van der Waals surface area contributed by atoms with Gasteiger partial charge in [-0.3, -0.25) is 4.90 Å². The minimum absolute atomic E-state index is 0.0969. The summed E-state index contributed by atoms with van der Waals surface area (Å²) in [5.74, 6) is 1.33. The van der Waals surface area contributed by atoms with Crippen molar-refractivity contribution >= 4 is 0 Å². The lowest BCUT2D eigenvalue weighted by molar-refractivity contribution is 0.104. The number of hydrogen-bond acceptors (Lipinski definition) is 6. The topological polar surface area (TPSA) is 71.6 Å². The predicted octanol–water partition coefficient (Wildman–Crippen LogP) is 1.44. The molecule has 1 aromatic heterocycles. The van der Waals surface area contributed by atoms with Crippen molar-refractivity contribution in [2.24, 2.45) is 0 Å². The number of aliphatic hydroxyl groups is 1. The van der Waals surface area contributed by atoms with Crippen LogP contribution in [0.15, 0.2) is 34.9 Å². The number of ether oxygens (including phenoxy) is 1. The second kappa shape index (κ2) is 7.68. The maximum absolute atomic E-state index is 9.48. The zero-order valence-corrected chi connectivity index (χ0v) is 13.4. The standard InChI is InChI=1S/C17H23N3O3/c1-22-15-9-14(12-21)20(10-15)11-17-18-16(19-23-17)8-7-13-5-3-2-4-6-13/h2-6,14-15,21H,7-12H2,1H3/t14-,15+/m0/s1. The number of rotatable bonds is 7. The van der Waals surface area contributed by atoms with Crippen LogP contribution in [0.5, 0.6) is 0 Å². The van der Waals surface area contributed by atoms with Crippen LogP contribution in [0, 0.1) is 0 Å². The molecule has 124 valence electrons. The van der Waals surface area contributed by atoms with Gasteiger partial charge in [-0.15, -0.1) is 0 Å². The molecule has 1 aromatic carbocycles. The van der Waals surface area contributed by atoms with Crippen molar-refractivity contribution in [1.82, 2.24) is 15.0 Å². The molecule has 1 aliphatic rings. The molecule has 0 saturated carbocycles. The van der Waals surface area contributed by atoms with Gasteiger partial charge in [-0.1, -0.05) is 35.5 Å². The van der Waals surface area contributed by atoms with Gasteiger partial charge in [-0.2, -0.15) is 4.98 Å². The molecule has 0 aliphatic carbocycles. The first kappa shape index (κ1) is 16.1.